The molecule has 4 nitrogen and oxygen atoms in total. The van der Waals surface area contributed by atoms with Crippen molar-refractivity contribution < 1.29 is 9.53 Å². The van der Waals surface area contributed by atoms with Crippen LogP contribution in [0.25, 0.3) is 0 Å². The predicted octanol–water partition coefficient (Wildman–Crippen LogP) is 2.53. The number of aryl methyl sites for hydroxylation is 1. The van der Waals surface area contributed by atoms with Crippen molar-refractivity contribution in [3.05, 3.63) is 23.9 Å². The van der Waals surface area contributed by atoms with Crippen LogP contribution in [0.15, 0.2) is 18.3 Å². The summed E-state index contributed by atoms with van der Waals surface area (Å²) in [6.07, 6.45) is 4.59. The van der Waals surface area contributed by atoms with Crippen molar-refractivity contribution >= 4 is 11.8 Å². The topological polar surface area (TPSA) is 51.2 Å². The fraction of sp³-hybridized carbons (Fsp3) is 0.571. The Labute approximate surface area is 108 Å². The van der Waals surface area contributed by atoms with E-state index in [1.807, 2.05) is 32.2 Å². The molecule has 2 rings (SSSR count). The van der Waals surface area contributed by atoms with Gasteiger partial charge in [0.1, 0.15) is 5.82 Å². The van der Waals surface area contributed by atoms with Gasteiger partial charge in [-0.05, 0) is 44.7 Å². The molecule has 1 heterocycles. The quantitative estimate of drug-likeness (QED) is 0.832. The summed E-state index contributed by atoms with van der Waals surface area (Å²) in [5.74, 6) is 0.877. The summed E-state index contributed by atoms with van der Waals surface area (Å²) < 4.78 is 5.06. The van der Waals surface area contributed by atoms with Gasteiger partial charge in [0, 0.05) is 12.2 Å². The molecule has 0 unspecified atom stereocenters. The van der Waals surface area contributed by atoms with Gasteiger partial charge in [0.25, 0.3) is 0 Å². The second-order valence-electron chi connectivity index (χ2n) is 4.82. The number of hydrogen-bond donors (Lipinski definition) is 1. The van der Waals surface area contributed by atoms with Crippen LogP contribution < -0.4 is 5.32 Å². The van der Waals surface area contributed by atoms with Crippen LogP contribution in [0.5, 0.6) is 0 Å². The van der Waals surface area contributed by atoms with Crippen LogP contribution in [0.4, 0.5) is 5.82 Å². The summed E-state index contributed by atoms with van der Waals surface area (Å²) in [6.45, 7) is 4.33. The van der Waals surface area contributed by atoms with E-state index in [9.17, 15) is 4.79 Å². The van der Waals surface area contributed by atoms with Crippen molar-refractivity contribution in [1.82, 2.24) is 4.98 Å². The van der Waals surface area contributed by atoms with Crippen molar-refractivity contribution in [3.8, 4) is 0 Å². The van der Waals surface area contributed by atoms with E-state index in [4.69, 9.17) is 4.74 Å². The normalized spacial score (nSPS) is 22.8. The average molecular weight is 248 g/mol. The molecule has 0 bridgehead atoms. The highest BCUT2D eigenvalue weighted by Gasteiger charge is 2.30. The Bertz CT molecular complexity index is 403. The van der Waals surface area contributed by atoms with Gasteiger partial charge in [0.05, 0.1) is 12.5 Å². The van der Waals surface area contributed by atoms with Gasteiger partial charge in [-0.3, -0.25) is 4.79 Å². The van der Waals surface area contributed by atoms with Crippen LogP contribution in [0.3, 0.4) is 0 Å². The molecular weight excluding hydrogens is 228 g/mol. The van der Waals surface area contributed by atoms with Gasteiger partial charge in [-0.2, -0.15) is 0 Å². The number of esters is 1. The molecule has 1 aliphatic rings. The second-order valence-corrected chi connectivity index (χ2v) is 4.82. The summed E-state index contributed by atoms with van der Waals surface area (Å²) in [7, 11) is 0. The fourth-order valence-electron chi connectivity index (χ4n) is 2.35. The van der Waals surface area contributed by atoms with Gasteiger partial charge in [0.15, 0.2) is 0 Å². The SMILES string of the molecule is CCOC(=O)[C@H]1CC[C@@H](Nc2ccc(C)cn2)C1. The average Bonchev–Trinajstić information content (AvgIpc) is 2.81. The van der Waals surface area contributed by atoms with Gasteiger partial charge in [-0.25, -0.2) is 4.98 Å². The van der Waals surface area contributed by atoms with E-state index < -0.39 is 0 Å². The van der Waals surface area contributed by atoms with Crippen LogP contribution in [-0.2, 0) is 9.53 Å². The molecule has 1 aromatic rings. The lowest BCUT2D eigenvalue weighted by Gasteiger charge is -2.13. The second kappa shape index (κ2) is 5.85. The monoisotopic (exact) mass is 248 g/mol. The molecule has 1 N–H and O–H groups in total. The molecule has 1 saturated carbocycles. The van der Waals surface area contributed by atoms with E-state index in [1.165, 1.54) is 0 Å². The molecule has 18 heavy (non-hydrogen) atoms. The van der Waals surface area contributed by atoms with Crippen molar-refractivity contribution in [2.45, 2.75) is 39.2 Å². The number of carbonyl (C=O) groups is 1. The van der Waals surface area contributed by atoms with Gasteiger partial charge in [-0.15, -0.1) is 0 Å². The summed E-state index contributed by atoms with van der Waals surface area (Å²) in [5.41, 5.74) is 1.15. The number of nitrogens with one attached hydrogen (secondary N) is 1. The molecule has 1 fully saturated rings. The van der Waals surface area contributed by atoms with E-state index in [0.717, 1.165) is 30.6 Å². The molecule has 0 aliphatic heterocycles. The Hall–Kier alpha value is -1.58. The first-order chi connectivity index (χ1) is 8.69. The van der Waals surface area contributed by atoms with Gasteiger partial charge < -0.3 is 10.1 Å². The van der Waals surface area contributed by atoms with Crippen molar-refractivity contribution in [2.24, 2.45) is 5.92 Å². The maximum Gasteiger partial charge on any atom is 0.308 e. The van der Waals surface area contributed by atoms with Crippen molar-refractivity contribution in [1.29, 1.82) is 0 Å². The number of nitrogens with zero attached hydrogens (tertiary/aromatic N) is 1. The third-order valence-corrected chi connectivity index (χ3v) is 3.32. The Kier molecular flexibility index (Phi) is 4.18. The minimum absolute atomic E-state index is 0.0490. The number of carbonyl (C=O) groups excluding carboxylic acids is 1. The van der Waals surface area contributed by atoms with E-state index in [2.05, 4.69) is 10.3 Å². The molecular formula is C14H20N2O2. The zero-order valence-corrected chi connectivity index (χ0v) is 11.0. The summed E-state index contributed by atoms with van der Waals surface area (Å²) in [4.78, 5) is 15.9. The Morgan fingerprint density at radius 2 is 2.33 bits per heavy atom. The molecule has 1 aromatic heterocycles. The predicted molar refractivity (Wildman–Crippen MR) is 70.4 cm³/mol. The Morgan fingerprint density at radius 1 is 1.50 bits per heavy atom. The number of ether oxygens (including phenoxy) is 1. The molecule has 2 atom stereocenters. The summed E-state index contributed by atoms with van der Waals surface area (Å²) >= 11 is 0. The molecule has 4 heteroatoms. The lowest BCUT2D eigenvalue weighted by atomic mass is 10.1. The largest absolute Gasteiger partial charge is 0.466 e. The van der Waals surface area contributed by atoms with E-state index in [1.54, 1.807) is 0 Å². The number of anilines is 1. The molecule has 0 aromatic carbocycles. The van der Waals surface area contributed by atoms with Crippen LogP contribution >= 0.6 is 0 Å². The van der Waals surface area contributed by atoms with E-state index in [0.29, 0.717) is 12.6 Å². The first kappa shape index (κ1) is 12.9. The van der Waals surface area contributed by atoms with Crippen molar-refractivity contribution in [2.75, 3.05) is 11.9 Å². The molecule has 0 amide bonds. The van der Waals surface area contributed by atoms with Crippen LogP contribution in [-0.4, -0.2) is 23.6 Å². The smallest absolute Gasteiger partial charge is 0.308 e. The Morgan fingerprint density at radius 3 is 3.00 bits per heavy atom. The third-order valence-electron chi connectivity index (χ3n) is 3.32. The maximum absolute atomic E-state index is 11.6. The minimum atomic E-state index is -0.0568. The first-order valence-corrected chi connectivity index (χ1v) is 6.55. The number of hydrogen-bond acceptors (Lipinski definition) is 4. The highest BCUT2D eigenvalue weighted by atomic mass is 16.5. The van der Waals surface area contributed by atoms with E-state index >= 15 is 0 Å². The van der Waals surface area contributed by atoms with Crippen molar-refractivity contribution in [3.63, 3.8) is 0 Å². The fourth-order valence-corrected chi connectivity index (χ4v) is 2.35. The molecule has 98 valence electrons. The zero-order valence-electron chi connectivity index (χ0n) is 11.0. The lowest BCUT2D eigenvalue weighted by Crippen LogP contribution is -2.20. The van der Waals surface area contributed by atoms with Gasteiger partial charge in [0.2, 0.25) is 0 Å². The third kappa shape index (κ3) is 3.22. The maximum atomic E-state index is 11.6. The first-order valence-electron chi connectivity index (χ1n) is 6.55. The Balaban J connectivity index is 1.86. The zero-order chi connectivity index (χ0) is 13.0. The van der Waals surface area contributed by atoms with Gasteiger partial charge >= 0.3 is 5.97 Å². The standard InChI is InChI=1S/C14H20N2O2/c1-3-18-14(17)11-5-6-12(8-11)16-13-7-4-10(2)9-15-13/h4,7,9,11-12H,3,5-6,8H2,1-2H3,(H,15,16)/t11-,12+/m0/s1. The van der Waals surface area contributed by atoms with Gasteiger partial charge in [-0.1, -0.05) is 6.07 Å². The summed E-state index contributed by atoms with van der Waals surface area (Å²) in [6, 6.07) is 4.34. The van der Waals surface area contributed by atoms with Crippen LogP contribution in [0.2, 0.25) is 0 Å². The van der Waals surface area contributed by atoms with E-state index in [-0.39, 0.29) is 11.9 Å². The molecule has 0 saturated heterocycles. The molecule has 1 aliphatic carbocycles. The minimum Gasteiger partial charge on any atom is -0.466 e. The molecule has 0 radical (unpaired) electrons. The highest BCUT2D eigenvalue weighted by molar-refractivity contribution is 5.73. The number of rotatable bonds is 4. The van der Waals surface area contributed by atoms with Crippen LogP contribution in [0.1, 0.15) is 31.7 Å². The number of pyridine rings is 1. The summed E-state index contributed by atoms with van der Waals surface area (Å²) in [5, 5.41) is 3.38. The highest BCUT2D eigenvalue weighted by Crippen LogP contribution is 2.28. The van der Waals surface area contributed by atoms with Crippen LogP contribution in [0, 0.1) is 12.8 Å². The lowest BCUT2D eigenvalue weighted by molar-refractivity contribution is -0.147. The number of aromatic nitrogens is 1. The molecule has 0 spiro atoms.